The predicted molar refractivity (Wildman–Crippen MR) is 520 cm³/mol. The van der Waals surface area contributed by atoms with Gasteiger partial charge in [0.25, 0.3) is 0 Å². The molecule has 0 bridgehead atoms. The average Bonchev–Trinajstić information content (AvgIpc) is 1.70. The maximum Gasteiger partial charge on any atom is 0.508 e. The second-order valence-electron chi connectivity index (χ2n) is 30.7. The lowest BCUT2D eigenvalue weighted by molar-refractivity contribution is 0.131. The Morgan fingerprint density at radius 3 is 0.738 bits per heavy atom. The van der Waals surface area contributed by atoms with Crippen LogP contribution in [0.5, 0.6) is 23.0 Å². The van der Waals surface area contributed by atoms with Crippen LogP contribution in [-0.4, -0.2) is 66.2 Å². The summed E-state index contributed by atoms with van der Waals surface area (Å²) in [6, 6.07) is 140. The number of ether oxygens (including phenoxy) is 4. The highest BCUT2D eigenvalue weighted by molar-refractivity contribution is 6.18. The van der Waals surface area contributed by atoms with Gasteiger partial charge in [0.1, 0.15) is 49.4 Å². The molecule has 0 radical (unpaired) electrons. The smallest absolute Gasteiger partial charge is 0.508 e. The summed E-state index contributed by atoms with van der Waals surface area (Å²) in [4.78, 5) is 9.80. The van der Waals surface area contributed by atoms with E-state index in [1.807, 2.05) is 66.7 Å². The molecule has 1 heterocycles. The van der Waals surface area contributed by atoms with Crippen LogP contribution < -0.4 is 9.47 Å². The van der Waals surface area contributed by atoms with Crippen molar-refractivity contribution in [1.82, 2.24) is 0 Å². The third-order valence-electron chi connectivity index (χ3n) is 23.4. The number of rotatable bonds is 15. The number of aliphatic hydroxyl groups is 2. The highest BCUT2D eigenvalue weighted by Gasteiger charge is 2.47. The SMILES string of the molecule is CCc1cccc2ccccc12.CCc1cccc2ccccc12.CCc1cccc2ccccc12.CCc1cccc2ccccc12.ClCc1cccc2ccccc12.O=C1OCCO1.OCCOc1ccc(C2(c3ccc(OCCO)cc3)c3ccccc3-c3ccccc32)cc1.Oc1ccc(C2(c3ccc(O)cc3)c3ccccc3-c3ccccc32)cc1. The number of hydrogen-bond donors (Lipinski definition) is 4. The first-order valence-electron chi connectivity index (χ1n) is 43.3. The number of hydrogen-bond acceptors (Lipinski definition) is 9. The summed E-state index contributed by atoms with van der Waals surface area (Å²) in [6.07, 6.45) is 3.90. The van der Waals surface area contributed by atoms with Crippen LogP contribution in [0.4, 0.5) is 4.79 Å². The van der Waals surface area contributed by atoms with E-state index in [0.29, 0.717) is 19.1 Å². The molecule has 1 saturated heterocycles. The molecule has 0 saturated carbocycles. The molecule has 0 atom stereocenters. The van der Waals surface area contributed by atoms with Crippen LogP contribution in [0.3, 0.4) is 0 Å². The quantitative estimate of drug-likeness (QED) is 0.0584. The third-order valence-corrected chi connectivity index (χ3v) is 23.7. The van der Waals surface area contributed by atoms with Gasteiger partial charge >= 0.3 is 6.16 Å². The van der Waals surface area contributed by atoms with E-state index in [1.165, 1.54) is 126 Å². The van der Waals surface area contributed by atoms with E-state index in [0.717, 1.165) is 59.4 Å². The summed E-state index contributed by atoms with van der Waals surface area (Å²) < 4.78 is 19.8. The van der Waals surface area contributed by atoms with Gasteiger partial charge in [0.05, 0.1) is 24.0 Å². The summed E-state index contributed by atoms with van der Waals surface area (Å²) in [6.45, 7) is 10.1. The molecule has 18 aromatic rings. The van der Waals surface area contributed by atoms with Gasteiger partial charge in [-0.3, -0.25) is 0 Å². The monoisotopic (exact) mass is 1680 g/mol. The van der Waals surface area contributed by atoms with Gasteiger partial charge in [-0.15, -0.1) is 11.6 Å². The van der Waals surface area contributed by atoms with Crippen molar-refractivity contribution in [2.24, 2.45) is 0 Å². The average molecular weight is 1680 g/mol. The van der Waals surface area contributed by atoms with Crippen LogP contribution in [0.1, 0.15) is 100 Å². The number of halogens is 1. The molecular weight excluding hydrogens is 1570 g/mol. The Morgan fingerprint density at radius 2 is 0.500 bits per heavy atom. The summed E-state index contributed by atoms with van der Waals surface area (Å²) >= 11 is 5.81. The van der Waals surface area contributed by atoms with Crippen molar-refractivity contribution in [3.05, 3.63) is 479 Å². The Kier molecular flexibility index (Phi) is 30.3. The molecule has 126 heavy (non-hydrogen) atoms. The maximum absolute atomic E-state index is 9.85. The predicted octanol–water partition coefficient (Wildman–Crippen LogP) is 27.6. The lowest BCUT2D eigenvalue weighted by Gasteiger charge is -2.34. The van der Waals surface area contributed by atoms with E-state index < -0.39 is 17.0 Å². The Labute approximate surface area is 744 Å². The zero-order chi connectivity index (χ0) is 87.5. The van der Waals surface area contributed by atoms with Gasteiger partial charge in [-0.1, -0.05) is 386 Å². The van der Waals surface area contributed by atoms with Crippen LogP contribution >= 0.6 is 11.6 Å². The number of aryl methyl sites for hydroxylation is 4. The first kappa shape index (κ1) is 88.3. The molecule has 18 aromatic carbocycles. The van der Waals surface area contributed by atoms with Crippen LogP contribution in [0.15, 0.2) is 406 Å². The van der Waals surface area contributed by atoms with Crippen molar-refractivity contribution in [3.8, 4) is 45.3 Å². The maximum atomic E-state index is 9.85. The highest BCUT2D eigenvalue weighted by Crippen LogP contribution is 2.58. The summed E-state index contributed by atoms with van der Waals surface area (Å²) in [5.74, 6) is 2.55. The van der Waals surface area contributed by atoms with Crippen LogP contribution in [0.25, 0.3) is 76.1 Å². The Morgan fingerprint density at radius 1 is 0.278 bits per heavy atom. The van der Waals surface area contributed by atoms with E-state index in [-0.39, 0.29) is 37.9 Å². The van der Waals surface area contributed by atoms with Crippen molar-refractivity contribution in [1.29, 1.82) is 0 Å². The van der Waals surface area contributed by atoms with Crippen LogP contribution in [0, 0.1) is 0 Å². The van der Waals surface area contributed by atoms with Crippen molar-refractivity contribution in [2.45, 2.75) is 70.1 Å². The molecule has 0 unspecified atom stereocenters. The first-order valence-corrected chi connectivity index (χ1v) is 43.9. The molecule has 3 aliphatic rings. The molecule has 0 spiro atoms. The number of cyclic esters (lactones) is 2. The molecular formula is C116H105ClO9. The Hall–Kier alpha value is -14.1. The molecule has 0 amide bonds. The van der Waals surface area contributed by atoms with E-state index >= 15 is 0 Å². The first-order chi connectivity index (χ1) is 62.0. The second kappa shape index (κ2) is 43.3. The zero-order valence-electron chi connectivity index (χ0n) is 71.7. The molecule has 630 valence electrons. The molecule has 9 nitrogen and oxygen atoms in total. The topological polar surface area (TPSA) is 135 Å². The lowest BCUT2D eigenvalue weighted by Crippen LogP contribution is -2.28. The molecule has 4 N–H and O–H groups in total. The van der Waals surface area contributed by atoms with Crippen molar-refractivity contribution < 1.29 is 44.2 Å². The minimum atomic E-state index is -0.546. The Balaban J connectivity index is 0.000000123. The molecule has 2 aliphatic carbocycles. The molecule has 21 rings (SSSR count). The number of phenols is 2. The molecule has 1 aliphatic heterocycles. The minimum Gasteiger partial charge on any atom is -0.508 e. The summed E-state index contributed by atoms with van der Waals surface area (Å²) in [7, 11) is 0. The summed E-state index contributed by atoms with van der Waals surface area (Å²) in [5.41, 5.74) is 20.2. The lowest BCUT2D eigenvalue weighted by atomic mass is 9.68. The van der Waals surface area contributed by atoms with Gasteiger partial charge in [-0.25, -0.2) is 4.79 Å². The van der Waals surface area contributed by atoms with Gasteiger partial charge < -0.3 is 39.4 Å². The van der Waals surface area contributed by atoms with Gasteiger partial charge in [0.2, 0.25) is 0 Å². The fourth-order valence-electron chi connectivity index (χ4n) is 17.5. The number of carbonyl (C=O) groups excluding carboxylic acids is 1. The summed E-state index contributed by atoms with van der Waals surface area (Å²) in [5, 5.41) is 51.3. The number of carbonyl (C=O) groups is 1. The number of alkyl halides is 1. The van der Waals surface area contributed by atoms with E-state index in [9.17, 15) is 15.0 Å². The minimum absolute atomic E-state index is 0.0167. The second-order valence-corrected chi connectivity index (χ2v) is 30.9. The molecule has 10 heteroatoms. The Bertz CT molecular complexity index is 5920. The van der Waals surface area contributed by atoms with Gasteiger partial charge in [-0.2, -0.15) is 0 Å². The van der Waals surface area contributed by atoms with E-state index in [4.69, 9.17) is 31.3 Å². The highest BCUT2D eigenvalue weighted by atomic mass is 35.5. The standard InChI is InChI=1S/C29H26O4.C25H18O2.4C12H12.C11H9Cl.C3H4O3/c30-17-19-32-23-13-9-21(10-14-23)29(22-11-15-24(16-12-22)33-20-18-31)27-7-3-1-5-25(27)26-6-2-4-8-28(26)29;26-19-13-9-17(10-14-19)25(18-11-15-20(27)16-12-18)23-7-3-1-5-21(23)22-6-2-4-8-24(22)25;4*1-2-10-7-5-8-11-6-3-4-9-12(10)11;12-8-10-6-3-5-9-4-1-2-7-11(9)10;4-3-5-1-2-6-3/h1-16,30-31H,17-20H2;1-16,26-27H;4*3-9H,2H2,1H3;1-7H,8H2;1-2H2. The van der Waals surface area contributed by atoms with E-state index in [2.05, 4.69) is 353 Å². The number of phenolic OH excluding ortho intramolecular Hbond substituents is 2. The molecule has 0 aromatic heterocycles. The van der Waals surface area contributed by atoms with Crippen molar-refractivity contribution in [2.75, 3.05) is 39.6 Å². The molecule has 1 fully saturated rings. The number of benzene rings is 18. The zero-order valence-corrected chi connectivity index (χ0v) is 72.4. The fourth-order valence-corrected chi connectivity index (χ4v) is 17.7. The van der Waals surface area contributed by atoms with Crippen LogP contribution in [0.2, 0.25) is 0 Å². The third kappa shape index (κ3) is 19.9. The van der Waals surface area contributed by atoms with Gasteiger partial charge in [0.15, 0.2) is 0 Å². The van der Waals surface area contributed by atoms with Gasteiger partial charge in [0, 0.05) is 5.88 Å². The normalized spacial score (nSPS) is 12.3. The largest absolute Gasteiger partial charge is 0.508 e. The van der Waals surface area contributed by atoms with Gasteiger partial charge in [-0.05, 0) is 223 Å². The number of fused-ring (bicyclic) bond motifs is 11. The van der Waals surface area contributed by atoms with Crippen molar-refractivity contribution in [3.63, 3.8) is 0 Å². The number of aromatic hydroxyl groups is 2. The number of aliphatic hydroxyl groups excluding tert-OH is 2. The van der Waals surface area contributed by atoms with Crippen LogP contribution in [-0.2, 0) is 51.9 Å². The van der Waals surface area contributed by atoms with E-state index in [1.54, 1.807) is 24.3 Å². The fraction of sp³-hybridized carbons (Fsp3) is 0.147. The van der Waals surface area contributed by atoms with Crippen molar-refractivity contribution >= 4 is 71.6 Å².